The Hall–Kier alpha value is -2.44. The van der Waals surface area contributed by atoms with E-state index in [4.69, 9.17) is 9.97 Å². The summed E-state index contributed by atoms with van der Waals surface area (Å²) in [6, 6.07) is 13.2. The van der Waals surface area contributed by atoms with Crippen molar-refractivity contribution in [3.8, 4) is 0 Å². The first-order valence-corrected chi connectivity index (χ1v) is 14.8. The summed E-state index contributed by atoms with van der Waals surface area (Å²) in [5.74, 6) is 0. The predicted molar refractivity (Wildman–Crippen MR) is 162 cm³/mol. The largest absolute Gasteiger partial charge is 0.355 e. The third-order valence-corrected chi connectivity index (χ3v) is 8.31. The third-order valence-electron chi connectivity index (χ3n) is 7.19. The zero-order chi connectivity index (χ0) is 25.4. The predicted octanol–water partition coefficient (Wildman–Crippen LogP) is 9.14. The molecule has 0 amide bonds. The lowest BCUT2D eigenvalue weighted by atomic mass is 9.99. The smallest absolute Gasteiger partial charge is 0.0694 e. The standard InChI is InChI=1S/C30H32Br2N4/c1-17-11-22-14-27-19(3)23(7-5-9-31)29(35-27)16-30-24(8-6-10-32)20(4)28(36-30)15-26-18(2)12-21(34-26)13-25(17)33-22/h11-16,33-34H,5-10H2,1-4H3. The van der Waals surface area contributed by atoms with Gasteiger partial charge in [0.2, 0.25) is 0 Å². The van der Waals surface area contributed by atoms with Crippen molar-refractivity contribution in [1.82, 2.24) is 19.9 Å². The van der Waals surface area contributed by atoms with E-state index in [1.54, 1.807) is 0 Å². The lowest BCUT2D eigenvalue weighted by Gasteiger charge is -2.05. The number of hydrogen-bond donors (Lipinski definition) is 2. The highest BCUT2D eigenvalue weighted by Crippen LogP contribution is 2.37. The van der Waals surface area contributed by atoms with Crippen molar-refractivity contribution in [3.05, 3.63) is 70.3 Å². The summed E-state index contributed by atoms with van der Waals surface area (Å²) >= 11 is 7.23. The molecule has 0 spiro atoms. The summed E-state index contributed by atoms with van der Waals surface area (Å²) < 4.78 is 0. The normalized spacial score (nSPS) is 13.7. The van der Waals surface area contributed by atoms with Gasteiger partial charge in [0.15, 0.2) is 0 Å². The minimum absolute atomic E-state index is 0.978. The van der Waals surface area contributed by atoms with Gasteiger partial charge in [-0.15, -0.1) is 0 Å². The highest BCUT2D eigenvalue weighted by molar-refractivity contribution is 9.09. The Morgan fingerprint density at radius 1 is 0.583 bits per heavy atom. The van der Waals surface area contributed by atoms with E-state index in [1.807, 2.05) is 0 Å². The van der Waals surface area contributed by atoms with Crippen LogP contribution >= 0.6 is 31.9 Å². The molecule has 0 aromatic carbocycles. The van der Waals surface area contributed by atoms with E-state index >= 15 is 0 Å². The molecule has 0 aliphatic carbocycles. The first-order chi connectivity index (χ1) is 17.4. The van der Waals surface area contributed by atoms with Crippen LogP contribution in [0.25, 0.3) is 44.4 Å². The summed E-state index contributed by atoms with van der Waals surface area (Å²) in [7, 11) is 0. The second-order valence-electron chi connectivity index (χ2n) is 9.78. The number of aryl methyl sites for hydroxylation is 2. The molecular weight excluding hydrogens is 576 g/mol. The van der Waals surface area contributed by atoms with Gasteiger partial charge in [0.1, 0.15) is 0 Å². The van der Waals surface area contributed by atoms with Crippen molar-refractivity contribution in [3.63, 3.8) is 0 Å². The summed E-state index contributed by atoms with van der Waals surface area (Å²) in [6.07, 6.45) is 4.13. The average molecular weight is 608 g/mol. The molecule has 36 heavy (non-hydrogen) atoms. The van der Waals surface area contributed by atoms with Crippen LogP contribution in [0.5, 0.6) is 0 Å². The first kappa shape index (κ1) is 25.2. The van der Waals surface area contributed by atoms with Gasteiger partial charge in [-0.05, 0) is 123 Å². The SMILES string of the molecule is CC1=C(CCCBr)c2cc3nc(cc4[nH]c(cc4C)cc4[nH]c(cc1n2)cc4C)C(C)=C3CCCBr. The van der Waals surface area contributed by atoms with Gasteiger partial charge in [0.05, 0.1) is 22.8 Å². The number of fused-ring (bicyclic) bond motifs is 8. The number of aromatic amines is 2. The van der Waals surface area contributed by atoms with E-state index in [0.717, 1.165) is 81.2 Å². The maximum absolute atomic E-state index is 5.15. The number of halogens is 2. The maximum atomic E-state index is 5.15. The van der Waals surface area contributed by atoms with Gasteiger partial charge in [-0.2, -0.15) is 0 Å². The van der Waals surface area contributed by atoms with E-state index in [-0.39, 0.29) is 0 Å². The van der Waals surface area contributed by atoms with Gasteiger partial charge >= 0.3 is 0 Å². The maximum Gasteiger partial charge on any atom is 0.0694 e. The quantitative estimate of drug-likeness (QED) is 0.274. The van der Waals surface area contributed by atoms with Crippen LogP contribution in [0, 0.1) is 13.8 Å². The van der Waals surface area contributed by atoms with Crippen LogP contribution in [-0.2, 0) is 0 Å². The fourth-order valence-electron chi connectivity index (χ4n) is 5.12. The van der Waals surface area contributed by atoms with Crippen molar-refractivity contribution in [2.75, 3.05) is 10.7 Å². The second-order valence-corrected chi connectivity index (χ2v) is 11.4. The topological polar surface area (TPSA) is 57.4 Å². The molecule has 6 heteroatoms. The number of hydrogen-bond acceptors (Lipinski definition) is 2. The lowest BCUT2D eigenvalue weighted by Crippen LogP contribution is -1.89. The number of alkyl halides is 2. The Morgan fingerprint density at radius 2 is 1.06 bits per heavy atom. The van der Waals surface area contributed by atoms with Gasteiger partial charge in [-0.25, -0.2) is 9.97 Å². The molecule has 5 heterocycles. The number of H-pyrrole nitrogens is 2. The Balaban J connectivity index is 1.86. The average Bonchev–Trinajstić information content (AvgIpc) is 3.53. The number of nitrogens with one attached hydrogen (secondary N) is 2. The van der Waals surface area contributed by atoms with Crippen molar-refractivity contribution < 1.29 is 0 Å². The van der Waals surface area contributed by atoms with Crippen LogP contribution in [0.3, 0.4) is 0 Å². The zero-order valence-electron chi connectivity index (χ0n) is 21.4. The number of nitrogens with zero attached hydrogens (tertiary/aromatic N) is 2. The van der Waals surface area contributed by atoms with Gasteiger partial charge in [0, 0.05) is 32.7 Å². The van der Waals surface area contributed by atoms with Crippen LogP contribution in [0.4, 0.5) is 0 Å². The van der Waals surface area contributed by atoms with Crippen LogP contribution in [0.2, 0.25) is 0 Å². The third kappa shape index (κ3) is 4.90. The molecule has 0 fully saturated rings. The monoisotopic (exact) mass is 606 g/mol. The molecule has 0 radical (unpaired) electrons. The minimum Gasteiger partial charge on any atom is -0.355 e. The summed E-state index contributed by atoms with van der Waals surface area (Å²) in [5, 5.41) is 1.96. The molecule has 2 aliphatic heterocycles. The molecule has 3 aromatic rings. The van der Waals surface area contributed by atoms with Gasteiger partial charge in [0.25, 0.3) is 0 Å². The molecule has 0 atom stereocenters. The highest BCUT2D eigenvalue weighted by Gasteiger charge is 2.20. The number of allylic oxidation sites excluding steroid dienone is 4. The van der Waals surface area contributed by atoms with E-state index in [2.05, 4.69) is 106 Å². The second kappa shape index (κ2) is 10.5. The van der Waals surface area contributed by atoms with E-state index in [1.165, 1.54) is 33.4 Å². The van der Waals surface area contributed by atoms with E-state index < -0.39 is 0 Å². The summed E-state index contributed by atoms with van der Waals surface area (Å²) in [4.78, 5) is 17.5. The molecule has 0 unspecified atom stereocenters. The summed E-state index contributed by atoms with van der Waals surface area (Å²) in [6.45, 7) is 8.71. The van der Waals surface area contributed by atoms with Gasteiger partial charge in [-0.1, -0.05) is 31.9 Å². The molecule has 2 aliphatic rings. The van der Waals surface area contributed by atoms with Crippen molar-refractivity contribution >= 4 is 76.2 Å². The van der Waals surface area contributed by atoms with Crippen molar-refractivity contribution in [2.45, 2.75) is 53.4 Å². The van der Waals surface area contributed by atoms with Crippen LogP contribution < -0.4 is 0 Å². The number of aromatic nitrogens is 4. The molecule has 8 bridgehead atoms. The molecule has 4 nitrogen and oxygen atoms in total. The molecular formula is C30H32Br2N4. The van der Waals surface area contributed by atoms with E-state index in [0.29, 0.717) is 0 Å². The van der Waals surface area contributed by atoms with Gasteiger partial charge < -0.3 is 9.97 Å². The molecule has 0 saturated heterocycles. The Kier molecular flexibility index (Phi) is 7.36. The van der Waals surface area contributed by atoms with Crippen molar-refractivity contribution in [1.29, 1.82) is 0 Å². The molecule has 0 saturated carbocycles. The highest BCUT2D eigenvalue weighted by atomic mass is 79.9. The van der Waals surface area contributed by atoms with Crippen molar-refractivity contribution in [2.24, 2.45) is 0 Å². The van der Waals surface area contributed by atoms with Gasteiger partial charge in [-0.3, -0.25) is 0 Å². The Labute approximate surface area is 229 Å². The zero-order valence-corrected chi connectivity index (χ0v) is 24.5. The first-order valence-electron chi connectivity index (χ1n) is 12.6. The molecule has 3 aromatic heterocycles. The minimum atomic E-state index is 0.978. The van der Waals surface area contributed by atoms with Crippen LogP contribution in [-0.4, -0.2) is 30.6 Å². The number of rotatable bonds is 6. The van der Waals surface area contributed by atoms with Crippen LogP contribution in [0.15, 0.2) is 36.4 Å². The molecule has 5 rings (SSSR count). The Bertz CT molecular complexity index is 1550. The lowest BCUT2D eigenvalue weighted by molar-refractivity contribution is 0.987. The Morgan fingerprint density at radius 3 is 1.58 bits per heavy atom. The fraction of sp³-hybridized carbons (Fsp3) is 0.333. The fourth-order valence-corrected chi connectivity index (χ4v) is 5.68. The summed E-state index contributed by atoms with van der Waals surface area (Å²) in [5.41, 5.74) is 16.1. The van der Waals surface area contributed by atoms with Crippen LogP contribution in [0.1, 0.15) is 73.4 Å². The molecule has 186 valence electrons. The van der Waals surface area contributed by atoms with E-state index in [9.17, 15) is 0 Å². The molecule has 2 N–H and O–H groups in total.